The highest BCUT2D eigenvalue weighted by Gasteiger charge is 2.28. The molecule has 0 unspecified atom stereocenters. The zero-order chi connectivity index (χ0) is 28.3. The van der Waals surface area contributed by atoms with Gasteiger partial charge >= 0.3 is 6.09 Å². The van der Waals surface area contributed by atoms with Gasteiger partial charge in [-0.05, 0) is 62.7 Å². The van der Waals surface area contributed by atoms with E-state index < -0.39 is 5.60 Å². The molecule has 0 radical (unpaired) electrons. The Morgan fingerprint density at radius 2 is 1.60 bits per heavy atom. The molecule has 0 atom stereocenters. The molecule has 2 aromatic heterocycles. The van der Waals surface area contributed by atoms with Gasteiger partial charge in [0.2, 0.25) is 5.95 Å². The Kier molecular flexibility index (Phi) is 7.65. The summed E-state index contributed by atoms with van der Waals surface area (Å²) < 4.78 is 6.47. The third-order valence-electron chi connectivity index (χ3n) is 6.18. The van der Waals surface area contributed by atoms with Crippen molar-refractivity contribution in [1.29, 1.82) is 0 Å². The molecule has 1 aliphatic heterocycles. The number of anilines is 3. The lowest BCUT2D eigenvalue weighted by Gasteiger charge is -2.35. The molecule has 5 rings (SSSR count). The highest BCUT2D eigenvalue weighted by Crippen LogP contribution is 2.25. The molecule has 206 valence electrons. The molecule has 0 spiro atoms. The van der Waals surface area contributed by atoms with Gasteiger partial charge in [-0.3, -0.25) is 4.79 Å². The molecule has 10 nitrogen and oxygen atoms in total. The van der Waals surface area contributed by atoms with Crippen LogP contribution in [0.4, 0.5) is 21.6 Å². The summed E-state index contributed by atoms with van der Waals surface area (Å²) in [5.41, 5.74) is 9.40. The maximum atomic E-state index is 13.0. The van der Waals surface area contributed by atoms with Crippen LogP contribution in [0.25, 0.3) is 22.4 Å². The molecular formula is C29H31N7O3S. The third kappa shape index (κ3) is 6.73. The van der Waals surface area contributed by atoms with E-state index >= 15 is 0 Å². The van der Waals surface area contributed by atoms with Crippen molar-refractivity contribution in [2.75, 3.05) is 37.2 Å². The van der Waals surface area contributed by atoms with Gasteiger partial charge in [0, 0.05) is 55.4 Å². The standard InChI is InChI=1S/C29H31N7O3S/c1-29(2,3)39-28(38)36-14-12-35(13-15-36)25(37)21-7-9-22(10-8-21)33-27-31-17-20(18-32-27)5-4-19-6-11-23-24(16-19)40-26(30)34-23/h4-11,16-18H,12-15H2,1-3H3,(H2,30,34)(H,31,32,33)/b5-4+. The van der Waals surface area contributed by atoms with Crippen LogP contribution in [-0.4, -0.2) is 68.5 Å². The molecule has 0 aliphatic carbocycles. The summed E-state index contributed by atoms with van der Waals surface area (Å²) in [6.07, 6.45) is 7.08. The largest absolute Gasteiger partial charge is 0.444 e. The molecule has 3 heterocycles. The molecule has 4 aromatic rings. The van der Waals surface area contributed by atoms with Crippen LogP contribution in [0.2, 0.25) is 0 Å². The molecule has 2 amide bonds. The number of nitrogens with one attached hydrogen (secondary N) is 1. The Morgan fingerprint density at radius 1 is 0.950 bits per heavy atom. The van der Waals surface area contributed by atoms with E-state index in [0.29, 0.717) is 42.8 Å². The Balaban J connectivity index is 1.13. The number of nitrogens with zero attached hydrogens (tertiary/aromatic N) is 5. The number of nitrogen functional groups attached to an aromatic ring is 1. The lowest BCUT2D eigenvalue weighted by molar-refractivity contribution is 0.0141. The quantitative estimate of drug-likeness (QED) is 0.340. The van der Waals surface area contributed by atoms with Crippen molar-refractivity contribution in [3.63, 3.8) is 0 Å². The van der Waals surface area contributed by atoms with E-state index in [1.165, 1.54) is 11.3 Å². The molecule has 3 N–H and O–H groups in total. The average Bonchev–Trinajstić information content (AvgIpc) is 3.31. The third-order valence-corrected chi connectivity index (χ3v) is 7.02. The number of hydrogen-bond acceptors (Lipinski definition) is 9. The van der Waals surface area contributed by atoms with E-state index in [0.717, 1.165) is 27.0 Å². The van der Waals surface area contributed by atoms with Crippen molar-refractivity contribution in [1.82, 2.24) is 24.8 Å². The van der Waals surface area contributed by atoms with Crippen LogP contribution in [0, 0.1) is 0 Å². The molecule has 1 fully saturated rings. The topological polar surface area (TPSA) is 127 Å². The number of benzene rings is 2. The zero-order valence-corrected chi connectivity index (χ0v) is 23.4. The first-order chi connectivity index (χ1) is 19.1. The summed E-state index contributed by atoms with van der Waals surface area (Å²) in [5, 5.41) is 3.72. The fourth-order valence-corrected chi connectivity index (χ4v) is 4.95. The van der Waals surface area contributed by atoms with E-state index in [2.05, 4.69) is 26.3 Å². The molecule has 1 aliphatic rings. The maximum absolute atomic E-state index is 13.0. The summed E-state index contributed by atoms with van der Waals surface area (Å²) in [6, 6.07) is 13.2. The number of carbonyl (C=O) groups excluding carboxylic acids is 2. The lowest BCUT2D eigenvalue weighted by Crippen LogP contribution is -2.51. The minimum Gasteiger partial charge on any atom is -0.444 e. The summed E-state index contributed by atoms with van der Waals surface area (Å²) in [4.78, 5) is 41.7. The minimum absolute atomic E-state index is 0.0688. The van der Waals surface area contributed by atoms with Crippen LogP contribution >= 0.6 is 11.3 Å². The molecule has 40 heavy (non-hydrogen) atoms. The first kappa shape index (κ1) is 27.1. The molecular weight excluding hydrogens is 526 g/mol. The Morgan fingerprint density at radius 3 is 2.27 bits per heavy atom. The normalized spacial score (nSPS) is 14.1. The second-order valence-electron chi connectivity index (χ2n) is 10.4. The number of hydrogen-bond donors (Lipinski definition) is 2. The van der Waals surface area contributed by atoms with Crippen LogP contribution < -0.4 is 11.1 Å². The molecule has 0 saturated carbocycles. The van der Waals surface area contributed by atoms with Crippen molar-refractivity contribution < 1.29 is 14.3 Å². The highest BCUT2D eigenvalue weighted by molar-refractivity contribution is 7.22. The smallest absolute Gasteiger partial charge is 0.410 e. The van der Waals surface area contributed by atoms with E-state index in [1.54, 1.807) is 34.3 Å². The Labute approximate surface area is 236 Å². The summed E-state index contributed by atoms with van der Waals surface area (Å²) in [6.45, 7) is 7.33. The van der Waals surface area contributed by atoms with Crippen molar-refractivity contribution >= 4 is 62.5 Å². The van der Waals surface area contributed by atoms with Gasteiger partial charge in [-0.25, -0.2) is 19.7 Å². The number of thiazole rings is 1. The lowest BCUT2D eigenvalue weighted by atomic mass is 10.1. The van der Waals surface area contributed by atoms with Gasteiger partial charge in [0.1, 0.15) is 5.60 Å². The number of piperazine rings is 1. The van der Waals surface area contributed by atoms with E-state index in [9.17, 15) is 9.59 Å². The zero-order valence-electron chi connectivity index (χ0n) is 22.6. The van der Waals surface area contributed by atoms with Crippen LogP contribution in [0.1, 0.15) is 42.3 Å². The molecule has 0 bridgehead atoms. The summed E-state index contributed by atoms with van der Waals surface area (Å²) >= 11 is 1.46. The van der Waals surface area contributed by atoms with Crippen molar-refractivity contribution in [3.8, 4) is 0 Å². The number of nitrogens with two attached hydrogens (primary N) is 1. The number of fused-ring (bicyclic) bond motifs is 1. The van der Waals surface area contributed by atoms with E-state index in [4.69, 9.17) is 10.5 Å². The minimum atomic E-state index is -0.543. The molecule has 2 aromatic carbocycles. The number of ether oxygens (including phenoxy) is 1. The van der Waals surface area contributed by atoms with Crippen molar-refractivity contribution in [2.24, 2.45) is 0 Å². The number of carbonyl (C=O) groups is 2. The van der Waals surface area contributed by atoms with Crippen LogP contribution in [0.15, 0.2) is 54.9 Å². The number of amides is 2. The van der Waals surface area contributed by atoms with Gasteiger partial charge < -0.3 is 25.6 Å². The number of aromatic nitrogens is 3. The van der Waals surface area contributed by atoms with Gasteiger partial charge in [0.05, 0.1) is 10.2 Å². The monoisotopic (exact) mass is 557 g/mol. The van der Waals surface area contributed by atoms with Crippen LogP contribution in [0.3, 0.4) is 0 Å². The van der Waals surface area contributed by atoms with E-state index in [1.807, 2.05) is 57.2 Å². The Bertz CT molecular complexity index is 1530. The van der Waals surface area contributed by atoms with Crippen molar-refractivity contribution in [2.45, 2.75) is 26.4 Å². The van der Waals surface area contributed by atoms with Gasteiger partial charge in [-0.1, -0.05) is 29.6 Å². The highest BCUT2D eigenvalue weighted by atomic mass is 32.1. The SMILES string of the molecule is CC(C)(C)OC(=O)N1CCN(C(=O)c2ccc(Nc3ncc(/C=C/c4ccc5nc(N)sc5c4)cn3)cc2)CC1. The van der Waals surface area contributed by atoms with E-state index in [-0.39, 0.29) is 12.0 Å². The van der Waals surface area contributed by atoms with Crippen LogP contribution in [0.5, 0.6) is 0 Å². The summed E-state index contributed by atoms with van der Waals surface area (Å²) in [5.74, 6) is 0.386. The second-order valence-corrected chi connectivity index (χ2v) is 11.5. The molecule has 1 saturated heterocycles. The van der Waals surface area contributed by atoms with Crippen LogP contribution in [-0.2, 0) is 4.74 Å². The molecule has 11 heteroatoms. The van der Waals surface area contributed by atoms with Gasteiger partial charge in [-0.15, -0.1) is 0 Å². The average molecular weight is 558 g/mol. The van der Waals surface area contributed by atoms with Crippen molar-refractivity contribution in [3.05, 3.63) is 71.5 Å². The van der Waals surface area contributed by atoms with Gasteiger partial charge in [0.15, 0.2) is 5.13 Å². The first-order valence-electron chi connectivity index (χ1n) is 12.9. The first-order valence-corrected chi connectivity index (χ1v) is 13.8. The fourth-order valence-electron chi connectivity index (χ4n) is 4.17. The maximum Gasteiger partial charge on any atom is 0.410 e. The number of rotatable bonds is 5. The second kappa shape index (κ2) is 11.3. The predicted octanol–water partition coefficient (Wildman–Crippen LogP) is 5.28. The van der Waals surface area contributed by atoms with Gasteiger partial charge in [0.25, 0.3) is 5.91 Å². The summed E-state index contributed by atoms with van der Waals surface area (Å²) in [7, 11) is 0. The fraction of sp³-hybridized carbons (Fsp3) is 0.276. The van der Waals surface area contributed by atoms with Gasteiger partial charge in [-0.2, -0.15) is 0 Å². The predicted molar refractivity (Wildman–Crippen MR) is 158 cm³/mol. The Hall–Kier alpha value is -4.51.